The van der Waals surface area contributed by atoms with Crippen LogP contribution in [0, 0.1) is 0 Å². The lowest BCUT2D eigenvalue weighted by molar-refractivity contribution is -0.136. The minimum atomic E-state index is -0.836. The van der Waals surface area contributed by atoms with E-state index in [4.69, 9.17) is 10.2 Å². The first-order valence-electron chi connectivity index (χ1n) is 10.9. The van der Waals surface area contributed by atoms with Gasteiger partial charge in [0.05, 0.1) is 11.4 Å². The Hall–Kier alpha value is -3.93. The Balaban J connectivity index is 1.73. The van der Waals surface area contributed by atoms with Crippen LogP contribution >= 0.6 is 0 Å². The van der Waals surface area contributed by atoms with Crippen LogP contribution in [0.3, 0.4) is 0 Å². The lowest BCUT2D eigenvalue weighted by Gasteiger charge is -2.14. The number of amides is 1. The Kier molecular flexibility index (Phi) is 6.01. The van der Waals surface area contributed by atoms with Crippen molar-refractivity contribution in [1.29, 1.82) is 0 Å². The van der Waals surface area contributed by atoms with Crippen LogP contribution in [0.4, 0.5) is 5.82 Å². The first kappa shape index (κ1) is 22.3. The Labute approximate surface area is 192 Å². The number of hydrogen-bond acceptors (Lipinski definition) is 3. The highest BCUT2D eigenvalue weighted by molar-refractivity contribution is 6.12. The predicted octanol–water partition coefficient (Wildman–Crippen LogP) is 5.59. The second-order valence-electron chi connectivity index (χ2n) is 9.12. The van der Waals surface area contributed by atoms with E-state index in [9.17, 15) is 9.59 Å². The molecule has 6 nitrogen and oxygen atoms in total. The van der Waals surface area contributed by atoms with E-state index in [0.29, 0.717) is 17.8 Å². The van der Waals surface area contributed by atoms with Crippen LogP contribution in [-0.4, -0.2) is 26.8 Å². The van der Waals surface area contributed by atoms with Gasteiger partial charge in [-0.25, -0.2) is 4.68 Å². The van der Waals surface area contributed by atoms with E-state index in [1.807, 2.05) is 72.8 Å². The molecule has 4 rings (SSSR count). The molecule has 168 valence electrons. The van der Waals surface area contributed by atoms with Gasteiger partial charge >= 0.3 is 5.97 Å². The second-order valence-corrected chi connectivity index (χ2v) is 9.12. The molecule has 0 aliphatic rings. The number of carbonyl (C=O) groups is 2. The maximum atomic E-state index is 13.3. The lowest BCUT2D eigenvalue weighted by atomic mass is 9.92. The number of carboxylic acid groups (broad SMARTS) is 1. The number of aromatic nitrogens is 2. The van der Waals surface area contributed by atoms with E-state index in [0.717, 1.165) is 27.7 Å². The van der Waals surface area contributed by atoms with Crippen molar-refractivity contribution in [1.82, 2.24) is 9.78 Å². The van der Waals surface area contributed by atoms with Crippen molar-refractivity contribution in [3.05, 3.63) is 89.6 Å². The van der Waals surface area contributed by atoms with Gasteiger partial charge in [-0.2, -0.15) is 5.10 Å². The summed E-state index contributed by atoms with van der Waals surface area (Å²) in [5, 5.41) is 18.7. The molecule has 6 heteroatoms. The number of aliphatic carboxylic acids is 1. The van der Waals surface area contributed by atoms with E-state index in [2.05, 4.69) is 26.1 Å². The topological polar surface area (TPSA) is 84.2 Å². The van der Waals surface area contributed by atoms with Crippen molar-refractivity contribution >= 4 is 28.5 Å². The standard InChI is InChI=1S/C27H27N3O3/c1-27(2,3)23-17-24(28-26(33)22-13-7-10-19-9-4-5-12-21(19)22)30(29-23)20-11-6-8-18(16-20)14-15-25(31)32/h4-13,16-17H,14-15H2,1-3H3,(H,28,33)(H,31,32). The molecule has 0 saturated heterocycles. The minimum Gasteiger partial charge on any atom is -0.481 e. The number of carboxylic acids is 1. The Morgan fingerprint density at radius 1 is 0.970 bits per heavy atom. The van der Waals surface area contributed by atoms with Gasteiger partial charge in [0.15, 0.2) is 0 Å². The van der Waals surface area contributed by atoms with E-state index in [1.54, 1.807) is 4.68 Å². The van der Waals surface area contributed by atoms with Gasteiger partial charge in [0.25, 0.3) is 5.91 Å². The molecule has 0 aliphatic carbocycles. The number of fused-ring (bicyclic) bond motifs is 1. The van der Waals surface area contributed by atoms with E-state index >= 15 is 0 Å². The summed E-state index contributed by atoms with van der Waals surface area (Å²) in [4.78, 5) is 24.3. The Morgan fingerprint density at radius 2 is 1.70 bits per heavy atom. The number of nitrogens with one attached hydrogen (secondary N) is 1. The maximum Gasteiger partial charge on any atom is 0.303 e. The van der Waals surface area contributed by atoms with Crippen molar-refractivity contribution in [3.63, 3.8) is 0 Å². The number of anilines is 1. The van der Waals surface area contributed by atoms with Crippen molar-refractivity contribution in [3.8, 4) is 5.69 Å². The maximum absolute atomic E-state index is 13.3. The van der Waals surface area contributed by atoms with Crippen LogP contribution in [0.15, 0.2) is 72.8 Å². The summed E-state index contributed by atoms with van der Waals surface area (Å²) in [7, 11) is 0. The van der Waals surface area contributed by atoms with Gasteiger partial charge in [-0.3, -0.25) is 9.59 Å². The van der Waals surface area contributed by atoms with Crippen LogP contribution < -0.4 is 5.32 Å². The van der Waals surface area contributed by atoms with Crippen molar-refractivity contribution in [2.24, 2.45) is 0 Å². The van der Waals surface area contributed by atoms with Crippen molar-refractivity contribution in [2.75, 3.05) is 5.32 Å². The van der Waals surface area contributed by atoms with Crippen LogP contribution in [0.1, 0.15) is 48.8 Å². The zero-order chi connectivity index (χ0) is 23.6. The fourth-order valence-corrected chi connectivity index (χ4v) is 3.74. The van der Waals surface area contributed by atoms with Gasteiger partial charge < -0.3 is 10.4 Å². The molecule has 0 saturated carbocycles. The number of carbonyl (C=O) groups excluding carboxylic acids is 1. The first-order chi connectivity index (χ1) is 15.7. The van der Waals surface area contributed by atoms with Crippen LogP contribution in [0.25, 0.3) is 16.5 Å². The van der Waals surface area contributed by atoms with E-state index in [-0.39, 0.29) is 17.7 Å². The molecule has 0 fully saturated rings. The van der Waals surface area contributed by atoms with Crippen LogP contribution in [0.5, 0.6) is 0 Å². The molecule has 2 N–H and O–H groups in total. The fourth-order valence-electron chi connectivity index (χ4n) is 3.74. The quantitative estimate of drug-likeness (QED) is 0.408. The largest absolute Gasteiger partial charge is 0.481 e. The molecule has 3 aromatic carbocycles. The summed E-state index contributed by atoms with van der Waals surface area (Å²) in [5.41, 5.74) is 2.88. The number of nitrogens with zero attached hydrogens (tertiary/aromatic N) is 2. The zero-order valence-corrected chi connectivity index (χ0v) is 19.0. The molecule has 0 unspecified atom stereocenters. The molecular formula is C27H27N3O3. The molecule has 0 radical (unpaired) electrons. The summed E-state index contributed by atoms with van der Waals surface area (Å²) >= 11 is 0. The normalized spacial score (nSPS) is 11.5. The SMILES string of the molecule is CC(C)(C)c1cc(NC(=O)c2cccc3ccccc23)n(-c2cccc(CCC(=O)O)c2)n1. The first-order valence-corrected chi connectivity index (χ1v) is 10.9. The summed E-state index contributed by atoms with van der Waals surface area (Å²) in [6, 6.07) is 22.9. The molecular weight excluding hydrogens is 414 g/mol. The molecule has 33 heavy (non-hydrogen) atoms. The van der Waals surface area contributed by atoms with Gasteiger partial charge in [0.1, 0.15) is 5.82 Å². The average molecular weight is 442 g/mol. The van der Waals surface area contributed by atoms with E-state index in [1.165, 1.54) is 0 Å². The summed E-state index contributed by atoms with van der Waals surface area (Å²) in [5.74, 6) is -0.485. The molecule has 0 spiro atoms. The van der Waals surface area contributed by atoms with Gasteiger partial charge in [0.2, 0.25) is 0 Å². The Morgan fingerprint density at radius 3 is 2.45 bits per heavy atom. The highest BCUT2D eigenvalue weighted by atomic mass is 16.4. The molecule has 4 aromatic rings. The predicted molar refractivity (Wildman–Crippen MR) is 130 cm³/mol. The number of aryl methyl sites for hydroxylation is 1. The number of benzene rings is 3. The number of hydrogen-bond donors (Lipinski definition) is 2. The summed E-state index contributed by atoms with van der Waals surface area (Å²) < 4.78 is 1.72. The highest BCUT2D eigenvalue weighted by Crippen LogP contribution is 2.28. The zero-order valence-electron chi connectivity index (χ0n) is 19.0. The molecule has 0 bridgehead atoms. The molecule has 1 heterocycles. The molecule has 0 aliphatic heterocycles. The molecule has 0 atom stereocenters. The van der Waals surface area contributed by atoms with Gasteiger partial charge in [-0.15, -0.1) is 0 Å². The number of rotatable bonds is 6. The van der Waals surface area contributed by atoms with Crippen molar-refractivity contribution in [2.45, 2.75) is 39.0 Å². The minimum absolute atomic E-state index is 0.0560. The van der Waals surface area contributed by atoms with Gasteiger partial charge in [0, 0.05) is 23.5 Å². The fraction of sp³-hybridized carbons (Fsp3) is 0.222. The van der Waals surface area contributed by atoms with Crippen molar-refractivity contribution < 1.29 is 14.7 Å². The molecule has 1 amide bonds. The summed E-state index contributed by atoms with van der Waals surface area (Å²) in [6.45, 7) is 6.21. The molecule has 1 aromatic heterocycles. The summed E-state index contributed by atoms with van der Waals surface area (Å²) in [6.07, 6.45) is 0.481. The second kappa shape index (κ2) is 8.90. The monoisotopic (exact) mass is 441 g/mol. The van der Waals surface area contributed by atoms with Gasteiger partial charge in [-0.1, -0.05) is 69.3 Å². The lowest BCUT2D eigenvalue weighted by Crippen LogP contribution is -2.15. The Bertz CT molecular complexity index is 1330. The van der Waals surface area contributed by atoms with Crippen LogP contribution in [0.2, 0.25) is 0 Å². The highest BCUT2D eigenvalue weighted by Gasteiger charge is 2.22. The third-order valence-electron chi connectivity index (χ3n) is 5.54. The van der Waals surface area contributed by atoms with Crippen LogP contribution in [-0.2, 0) is 16.6 Å². The average Bonchev–Trinajstić information content (AvgIpc) is 3.22. The third-order valence-corrected chi connectivity index (χ3v) is 5.54. The van der Waals surface area contributed by atoms with Gasteiger partial charge in [-0.05, 0) is 41.0 Å². The smallest absolute Gasteiger partial charge is 0.303 e. The third kappa shape index (κ3) is 4.95. The van der Waals surface area contributed by atoms with E-state index < -0.39 is 5.97 Å².